The zero-order valence-electron chi connectivity index (χ0n) is 19.0. The molecule has 166 valence electrons. The summed E-state index contributed by atoms with van der Waals surface area (Å²) in [7, 11) is 2.23. The molecule has 2 aliphatic heterocycles. The Morgan fingerprint density at radius 1 is 0.939 bits per heavy atom. The van der Waals surface area contributed by atoms with Crippen LogP contribution in [0.2, 0.25) is 0 Å². The molecule has 0 unspecified atom stereocenters. The number of nitrogens with zero attached hydrogens (tertiary/aromatic N) is 5. The summed E-state index contributed by atoms with van der Waals surface area (Å²) in [6.07, 6.45) is 3.05. The van der Waals surface area contributed by atoms with Crippen molar-refractivity contribution in [2.75, 3.05) is 30.4 Å². The molecule has 33 heavy (non-hydrogen) atoms. The molecule has 0 radical (unpaired) electrons. The Hall–Kier alpha value is -3.51. The summed E-state index contributed by atoms with van der Waals surface area (Å²) in [5.41, 5.74) is 3.18. The van der Waals surface area contributed by atoms with Gasteiger partial charge in [-0.2, -0.15) is 0 Å². The van der Waals surface area contributed by atoms with E-state index in [2.05, 4.69) is 82.6 Å². The van der Waals surface area contributed by atoms with Crippen LogP contribution in [0.25, 0.3) is 22.3 Å². The minimum absolute atomic E-state index is 0.152. The van der Waals surface area contributed by atoms with Crippen LogP contribution in [0.1, 0.15) is 24.9 Å². The van der Waals surface area contributed by atoms with Crippen LogP contribution < -0.4 is 10.2 Å². The molecule has 4 heterocycles. The number of likely N-dealkylation sites (N-methyl/N-ethyl adjacent to an activating group) is 1. The van der Waals surface area contributed by atoms with E-state index >= 15 is 0 Å². The average molecular weight is 437 g/mol. The van der Waals surface area contributed by atoms with E-state index in [1.54, 1.807) is 0 Å². The van der Waals surface area contributed by atoms with Gasteiger partial charge in [0.05, 0.1) is 5.52 Å². The highest BCUT2D eigenvalue weighted by Crippen LogP contribution is 2.37. The molecule has 1 N–H and O–H groups in total. The van der Waals surface area contributed by atoms with Crippen LogP contribution in [0.5, 0.6) is 0 Å². The molecular formula is C27H28N6. The van der Waals surface area contributed by atoms with E-state index in [4.69, 9.17) is 9.97 Å². The third-order valence-electron chi connectivity index (χ3n) is 7.05. The second-order valence-corrected chi connectivity index (χ2v) is 9.23. The number of likely N-dealkylation sites (tertiary alicyclic amines) is 1. The molecule has 6 rings (SSSR count). The zero-order chi connectivity index (χ0) is 22.4. The smallest absolute Gasteiger partial charge is 0.162 e. The van der Waals surface area contributed by atoms with Crippen LogP contribution in [0.4, 0.5) is 11.6 Å². The number of pyridine rings is 1. The van der Waals surface area contributed by atoms with Crippen molar-refractivity contribution in [1.82, 2.24) is 19.9 Å². The standard InChI is InChI=1S/C27H28N6/c1-18(19-8-4-3-5-9-19)29-25-14-20(12-13-28-25)26-30-24-11-7-6-10-23(24)27(31-26)33-17-21-15-22(33)16-32(21)2/h3-14,18,21-22H,15-17H2,1-2H3,(H,28,29)/t18-,21-,22-/m0/s1. The third kappa shape index (κ3) is 3.70. The van der Waals surface area contributed by atoms with Gasteiger partial charge in [0.1, 0.15) is 11.6 Å². The second kappa shape index (κ2) is 8.12. The Bertz CT molecular complexity index is 1290. The van der Waals surface area contributed by atoms with E-state index in [9.17, 15) is 0 Å². The van der Waals surface area contributed by atoms with Gasteiger partial charge in [0.15, 0.2) is 5.82 Å². The fourth-order valence-electron chi connectivity index (χ4n) is 5.23. The number of benzene rings is 2. The number of para-hydroxylation sites is 1. The van der Waals surface area contributed by atoms with Gasteiger partial charge in [0.2, 0.25) is 0 Å². The average Bonchev–Trinajstić information content (AvgIpc) is 3.44. The maximum atomic E-state index is 5.12. The van der Waals surface area contributed by atoms with Gasteiger partial charge in [-0.15, -0.1) is 0 Å². The van der Waals surface area contributed by atoms with Gasteiger partial charge in [-0.25, -0.2) is 15.0 Å². The maximum absolute atomic E-state index is 5.12. The van der Waals surface area contributed by atoms with Crippen molar-refractivity contribution in [1.29, 1.82) is 0 Å². The summed E-state index contributed by atoms with van der Waals surface area (Å²) < 4.78 is 0. The van der Waals surface area contributed by atoms with Gasteiger partial charge in [-0.1, -0.05) is 42.5 Å². The van der Waals surface area contributed by atoms with Crippen molar-refractivity contribution >= 4 is 22.5 Å². The fraction of sp³-hybridized carbons (Fsp3) is 0.296. The first kappa shape index (κ1) is 20.1. The first-order valence-electron chi connectivity index (χ1n) is 11.7. The van der Waals surface area contributed by atoms with Crippen LogP contribution in [0.15, 0.2) is 72.9 Å². The molecule has 4 aromatic rings. The van der Waals surface area contributed by atoms with E-state index in [0.717, 1.165) is 47.0 Å². The van der Waals surface area contributed by atoms with E-state index in [1.165, 1.54) is 12.0 Å². The summed E-state index contributed by atoms with van der Waals surface area (Å²) in [5.74, 6) is 2.63. The quantitative estimate of drug-likeness (QED) is 0.487. The van der Waals surface area contributed by atoms with Gasteiger partial charge in [0.25, 0.3) is 0 Å². The molecule has 2 saturated heterocycles. The molecule has 2 aromatic carbocycles. The Kier molecular flexibility index (Phi) is 4.95. The first-order chi connectivity index (χ1) is 16.2. The summed E-state index contributed by atoms with van der Waals surface area (Å²) >= 11 is 0. The van der Waals surface area contributed by atoms with E-state index in [-0.39, 0.29) is 6.04 Å². The number of aromatic nitrogens is 3. The third-order valence-corrected chi connectivity index (χ3v) is 7.05. The van der Waals surface area contributed by atoms with Crippen molar-refractivity contribution in [3.05, 3.63) is 78.5 Å². The normalized spacial score (nSPS) is 21.0. The second-order valence-electron chi connectivity index (χ2n) is 9.23. The highest BCUT2D eigenvalue weighted by Gasteiger charge is 2.42. The number of rotatable bonds is 5. The van der Waals surface area contributed by atoms with Crippen molar-refractivity contribution in [3.63, 3.8) is 0 Å². The molecular weight excluding hydrogens is 408 g/mol. The number of fused-ring (bicyclic) bond motifs is 3. The summed E-state index contributed by atoms with van der Waals surface area (Å²) in [6.45, 7) is 4.27. The van der Waals surface area contributed by atoms with Crippen LogP contribution in [-0.4, -0.2) is 52.1 Å². The van der Waals surface area contributed by atoms with Crippen LogP contribution in [0, 0.1) is 0 Å². The van der Waals surface area contributed by atoms with Gasteiger partial charge in [-0.05, 0) is 50.2 Å². The molecule has 0 aliphatic carbocycles. The Balaban J connectivity index is 1.36. The molecule has 2 bridgehead atoms. The van der Waals surface area contributed by atoms with Crippen molar-refractivity contribution in [3.8, 4) is 11.4 Å². The minimum Gasteiger partial charge on any atom is -0.364 e. The lowest BCUT2D eigenvalue weighted by Gasteiger charge is -2.33. The summed E-state index contributed by atoms with van der Waals surface area (Å²) in [5, 5.41) is 4.65. The maximum Gasteiger partial charge on any atom is 0.162 e. The van der Waals surface area contributed by atoms with Crippen LogP contribution in [-0.2, 0) is 0 Å². The van der Waals surface area contributed by atoms with Crippen molar-refractivity contribution < 1.29 is 0 Å². The number of hydrogen-bond donors (Lipinski definition) is 1. The van der Waals surface area contributed by atoms with Gasteiger partial charge in [0, 0.05) is 48.4 Å². The van der Waals surface area contributed by atoms with Crippen molar-refractivity contribution in [2.45, 2.75) is 31.5 Å². The van der Waals surface area contributed by atoms with E-state index in [0.29, 0.717) is 12.1 Å². The Morgan fingerprint density at radius 3 is 2.55 bits per heavy atom. The van der Waals surface area contributed by atoms with Gasteiger partial charge in [-0.3, -0.25) is 4.90 Å². The molecule has 0 spiro atoms. The zero-order valence-corrected chi connectivity index (χ0v) is 19.0. The number of anilines is 2. The topological polar surface area (TPSA) is 57.2 Å². The number of piperazine rings is 1. The molecule has 0 amide bonds. The van der Waals surface area contributed by atoms with Crippen LogP contribution >= 0.6 is 0 Å². The fourth-order valence-corrected chi connectivity index (χ4v) is 5.23. The van der Waals surface area contributed by atoms with Gasteiger partial charge < -0.3 is 10.2 Å². The highest BCUT2D eigenvalue weighted by molar-refractivity contribution is 5.91. The lowest BCUT2D eigenvalue weighted by molar-refractivity contribution is 0.292. The lowest BCUT2D eigenvalue weighted by Crippen LogP contribution is -2.45. The number of hydrogen-bond acceptors (Lipinski definition) is 6. The van der Waals surface area contributed by atoms with E-state index < -0.39 is 0 Å². The molecule has 2 aliphatic rings. The molecule has 0 saturated carbocycles. The molecule has 2 fully saturated rings. The predicted octanol–water partition coefficient (Wildman–Crippen LogP) is 4.76. The molecule has 6 heteroatoms. The molecule has 6 nitrogen and oxygen atoms in total. The largest absolute Gasteiger partial charge is 0.364 e. The summed E-state index contributed by atoms with van der Waals surface area (Å²) in [6, 6.07) is 24.1. The molecule has 2 aromatic heterocycles. The Morgan fingerprint density at radius 2 is 1.76 bits per heavy atom. The van der Waals surface area contributed by atoms with Crippen molar-refractivity contribution in [2.24, 2.45) is 0 Å². The predicted molar refractivity (Wildman–Crippen MR) is 133 cm³/mol. The van der Waals surface area contributed by atoms with Gasteiger partial charge >= 0.3 is 0 Å². The Labute approximate surface area is 194 Å². The van der Waals surface area contributed by atoms with E-state index in [1.807, 2.05) is 24.4 Å². The highest BCUT2D eigenvalue weighted by atomic mass is 15.4. The SMILES string of the molecule is C[C@H](Nc1cc(-c2nc(N3C[C@@H]4C[C@H]3CN4C)c3ccccc3n2)ccn1)c1ccccc1. The lowest BCUT2D eigenvalue weighted by atomic mass is 10.1. The summed E-state index contributed by atoms with van der Waals surface area (Å²) in [4.78, 5) is 19.6. The molecule has 3 atom stereocenters. The monoisotopic (exact) mass is 436 g/mol. The first-order valence-corrected chi connectivity index (χ1v) is 11.7. The number of nitrogens with one attached hydrogen (secondary N) is 1. The minimum atomic E-state index is 0.152. The van der Waals surface area contributed by atoms with Crippen LogP contribution in [0.3, 0.4) is 0 Å².